The van der Waals surface area contributed by atoms with Crippen LogP contribution in [0.3, 0.4) is 0 Å². The van der Waals surface area contributed by atoms with E-state index in [1.54, 1.807) is 0 Å². The molecular weight excluding hydrogens is 264 g/mol. The first-order valence-electron chi connectivity index (χ1n) is 8.90. The number of hydrogen-bond donors (Lipinski definition) is 3. The van der Waals surface area contributed by atoms with Crippen molar-refractivity contribution in [2.24, 2.45) is 0 Å². The van der Waals surface area contributed by atoms with E-state index < -0.39 is 5.97 Å². The maximum absolute atomic E-state index is 10.2. The molecule has 0 aromatic rings. The van der Waals surface area contributed by atoms with Crippen molar-refractivity contribution in [2.75, 3.05) is 26.2 Å². The van der Waals surface area contributed by atoms with Crippen LogP contribution in [0, 0.1) is 0 Å². The molecule has 126 valence electrons. The summed E-state index contributed by atoms with van der Waals surface area (Å²) in [7, 11) is 0. The second-order valence-corrected chi connectivity index (χ2v) is 5.83. The summed E-state index contributed by atoms with van der Waals surface area (Å²) in [5.41, 5.74) is 0. The number of carbonyl (C=O) groups is 1. The number of carboxylic acid groups (broad SMARTS) is 1. The van der Waals surface area contributed by atoms with Crippen LogP contribution in [-0.2, 0) is 4.79 Å². The predicted molar refractivity (Wildman–Crippen MR) is 89.8 cm³/mol. The van der Waals surface area contributed by atoms with E-state index in [2.05, 4.69) is 17.6 Å². The van der Waals surface area contributed by atoms with Crippen molar-refractivity contribution in [3.63, 3.8) is 0 Å². The van der Waals surface area contributed by atoms with Gasteiger partial charge in [-0.25, -0.2) is 0 Å². The van der Waals surface area contributed by atoms with Crippen molar-refractivity contribution in [2.45, 2.75) is 77.6 Å². The average Bonchev–Trinajstić information content (AvgIpc) is 2.51. The molecule has 3 N–H and O–H groups in total. The van der Waals surface area contributed by atoms with Crippen LogP contribution in [0.15, 0.2) is 0 Å². The van der Waals surface area contributed by atoms with Gasteiger partial charge in [-0.05, 0) is 6.42 Å². The zero-order valence-electron chi connectivity index (χ0n) is 14.0. The quantitative estimate of drug-likeness (QED) is 0.511. The Balaban J connectivity index is 0.000000547. The number of carboxylic acids is 1. The van der Waals surface area contributed by atoms with E-state index in [-0.39, 0.29) is 0 Å². The molecule has 0 bridgehead atoms. The lowest BCUT2D eigenvalue weighted by molar-refractivity contribution is -0.137. The maximum Gasteiger partial charge on any atom is 0.303 e. The maximum atomic E-state index is 10.2. The van der Waals surface area contributed by atoms with Crippen LogP contribution in [0.4, 0.5) is 0 Å². The summed E-state index contributed by atoms with van der Waals surface area (Å²) in [5.74, 6) is -0.658. The predicted octanol–water partition coefficient (Wildman–Crippen LogP) is 3.56. The van der Waals surface area contributed by atoms with Crippen LogP contribution in [0.1, 0.15) is 77.6 Å². The molecule has 0 aromatic heterocycles. The van der Waals surface area contributed by atoms with E-state index in [0.29, 0.717) is 6.42 Å². The molecule has 1 aliphatic heterocycles. The summed E-state index contributed by atoms with van der Waals surface area (Å²) < 4.78 is 0. The van der Waals surface area contributed by atoms with E-state index in [0.717, 1.165) is 39.0 Å². The number of unbranched alkanes of at least 4 members (excludes halogenated alkanes) is 9. The Kier molecular flexibility index (Phi) is 16.9. The molecule has 1 aliphatic rings. The van der Waals surface area contributed by atoms with E-state index >= 15 is 0 Å². The van der Waals surface area contributed by atoms with Crippen LogP contribution in [-0.4, -0.2) is 37.3 Å². The van der Waals surface area contributed by atoms with E-state index in [1.165, 1.54) is 51.4 Å². The van der Waals surface area contributed by atoms with E-state index in [1.807, 2.05) is 0 Å². The number of piperazine rings is 1. The zero-order chi connectivity index (χ0) is 15.6. The molecule has 4 heteroatoms. The zero-order valence-corrected chi connectivity index (χ0v) is 14.0. The first-order chi connectivity index (χ1) is 10.3. The summed E-state index contributed by atoms with van der Waals surface area (Å²) in [6.45, 7) is 6.79. The van der Waals surface area contributed by atoms with Gasteiger partial charge in [-0.3, -0.25) is 4.79 Å². The van der Waals surface area contributed by atoms with Gasteiger partial charge in [0.25, 0.3) is 0 Å². The molecule has 21 heavy (non-hydrogen) atoms. The highest BCUT2D eigenvalue weighted by Gasteiger charge is 1.96. The van der Waals surface area contributed by atoms with Crippen molar-refractivity contribution in [1.29, 1.82) is 0 Å². The minimum Gasteiger partial charge on any atom is -0.481 e. The second-order valence-electron chi connectivity index (χ2n) is 5.83. The number of hydrogen-bond acceptors (Lipinski definition) is 3. The average molecular weight is 300 g/mol. The van der Waals surface area contributed by atoms with Gasteiger partial charge < -0.3 is 15.7 Å². The Bertz CT molecular complexity index is 207. The number of aliphatic carboxylic acids is 1. The molecule has 0 aromatic carbocycles. The molecule has 0 atom stereocenters. The Morgan fingerprint density at radius 1 is 0.762 bits per heavy atom. The fourth-order valence-corrected chi connectivity index (χ4v) is 2.37. The van der Waals surface area contributed by atoms with Crippen LogP contribution in [0.2, 0.25) is 0 Å². The van der Waals surface area contributed by atoms with Crippen molar-refractivity contribution in [3.05, 3.63) is 0 Å². The molecule has 0 aliphatic carbocycles. The Labute approximate surface area is 131 Å². The minimum absolute atomic E-state index is 0.344. The van der Waals surface area contributed by atoms with Crippen LogP contribution >= 0.6 is 0 Å². The van der Waals surface area contributed by atoms with Crippen molar-refractivity contribution >= 4 is 5.97 Å². The molecular formula is C17H36N2O2. The molecule has 1 fully saturated rings. The molecule has 0 radical (unpaired) electrons. The summed E-state index contributed by atoms with van der Waals surface area (Å²) in [6.07, 6.45) is 12.9. The first kappa shape index (κ1) is 20.4. The number of rotatable bonds is 11. The summed E-state index contributed by atoms with van der Waals surface area (Å²) in [5, 5.41) is 14.9. The molecule has 1 rings (SSSR count). The van der Waals surface area contributed by atoms with Gasteiger partial charge in [-0.1, -0.05) is 64.7 Å². The highest BCUT2D eigenvalue weighted by molar-refractivity contribution is 5.66. The lowest BCUT2D eigenvalue weighted by atomic mass is 10.1. The highest BCUT2D eigenvalue weighted by atomic mass is 16.4. The van der Waals surface area contributed by atoms with Crippen molar-refractivity contribution < 1.29 is 9.90 Å². The second kappa shape index (κ2) is 17.4. The lowest BCUT2D eigenvalue weighted by Gasteiger charge is -2.11. The minimum atomic E-state index is -0.658. The van der Waals surface area contributed by atoms with Crippen molar-refractivity contribution in [3.8, 4) is 0 Å². The van der Waals surface area contributed by atoms with Gasteiger partial charge in [-0.2, -0.15) is 0 Å². The van der Waals surface area contributed by atoms with E-state index in [4.69, 9.17) is 5.11 Å². The standard InChI is InChI=1S/C13H26O2.C4H10N2/c1-2-3-4-5-6-7-8-9-10-11-12-13(14)15;1-2-6-4-3-5-1/h2-12H2,1H3,(H,14,15);5-6H,1-4H2. The van der Waals surface area contributed by atoms with E-state index in [9.17, 15) is 4.79 Å². The third kappa shape index (κ3) is 19.4. The van der Waals surface area contributed by atoms with Gasteiger partial charge in [0.05, 0.1) is 0 Å². The molecule has 0 amide bonds. The summed E-state index contributed by atoms with van der Waals surface area (Å²) in [4.78, 5) is 10.2. The van der Waals surface area contributed by atoms with Gasteiger partial charge in [0.1, 0.15) is 0 Å². The summed E-state index contributed by atoms with van der Waals surface area (Å²) >= 11 is 0. The van der Waals surface area contributed by atoms with Crippen LogP contribution in [0.5, 0.6) is 0 Å². The Morgan fingerprint density at radius 2 is 1.14 bits per heavy atom. The Morgan fingerprint density at radius 3 is 1.48 bits per heavy atom. The van der Waals surface area contributed by atoms with Gasteiger partial charge >= 0.3 is 5.97 Å². The van der Waals surface area contributed by atoms with Crippen LogP contribution in [0.25, 0.3) is 0 Å². The topological polar surface area (TPSA) is 61.4 Å². The summed E-state index contributed by atoms with van der Waals surface area (Å²) in [6, 6.07) is 0. The van der Waals surface area contributed by atoms with Gasteiger partial charge in [0.2, 0.25) is 0 Å². The molecule has 1 heterocycles. The normalized spacial score (nSPS) is 14.3. The highest BCUT2D eigenvalue weighted by Crippen LogP contribution is 2.11. The third-order valence-corrected chi connectivity index (χ3v) is 3.70. The van der Waals surface area contributed by atoms with Gasteiger partial charge in [0, 0.05) is 32.6 Å². The lowest BCUT2D eigenvalue weighted by Crippen LogP contribution is -2.39. The molecule has 0 saturated carbocycles. The molecule has 0 spiro atoms. The molecule has 4 nitrogen and oxygen atoms in total. The van der Waals surface area contributed by atoms with Gasteiger partial charge in [-0.15, -0.1) is 0 Å². The smallest absolute Gasteiger partial charge is 0.303 e. The number of nitrogens with one attached hydrogen (secondary N) is 2. The molecule has 1 saturated heterocycles. The van der Waals surface area contributed by atoms with Gasteiger partial charge in [0.15, 0.2) is 0 Å². The monoisotopic (exact) mass is 300 g/mol. The molecule has 0 unspecified atom stereocenters. The first-order valence-corrected chi connectivity index (χ1v) is 8.90. The fraction of sp³-hybridized carbons (Fsp3) is 0.941. The van der Waals surface area contributed by atoms with Crippen molar-refractivity contribution in [1.82, 2.24) is 10.6 Å². The fourth-order valence-electron chi connectivity index (χ4n) is 2.37. The SMILES string of the molecule is C1CNCCN1.CCCCCCCCCCCCC(=O)O. The van der Waals surface area contributed by atoms with Crippen LogP contribution < -0.4 is 10.6 Å². The Hall–Kier alpha value is -0.610. The largest absolute Gasteiger partial charge is 0.481 e. The third-order valence-electron chi connectivity index (χ3n) is 3.70.